The van der Waals surface area contributed by atoms with Crippen molar-refractivity contribution in [2.75, 3.05) is 51.0 Å². The van der Waals surface area contributed by atoms with Crippen LogP contribution in [0.5, 0.6) is 11.5 Å². The van der Waals surface area contributed by atoms with E-state index >= 15 is 4.39 Å². The Balaban J connectivity index is 1.22. The first-order chi connectivity index (χ1) is 17.5. The van der Waals surface area contributed by atoms with Crippen LogP contribution in [0, 0.1) is 5.82 Å². The van der Waals surface area contributed by atoms with Gasteiger partial charge in [-0.3, -0.25) is 4.79 Å². The Hall–Kier alpha value is -3.66. The van der Waals surface area contributed by atoms with Crippen LogP contribution in [-0.2, 0) is 4.79 Å². The molecule has 2 aliphatic heterocycles. The van der Waals surface area contributed by atoms with Crippen LogP contribution in [0.4, 0.5) is 16.2 Å². The van der Waals surface area contributed by atoms with Gasteiger partial charge in [0.2, 0.25) is 11.9 Å². The van der Waals surface area contributed by atoms with E-state index in [1.165, 1.54) is 19.8 Å². The molecule has 0 saturated carbocycles. The number of carbonyl (C=O) groups excluding carboxylic acids is 1. The van der Waals surface area contributed by atoms with Gasteiger partial charge in [0.05, 0.1) is 14.2 Å². The lowest BCUT2D eigenvalue weighted by molar-refractivity contribution is -0.132. The molecule has 10 heteroatoms. The first-order valence-corrected chi connectivity index (χ1v) is 12.2. The van der Waals surface area contributed by atoms with E-state index in [2.05, 4.69) is 27.4 Å². The Morgan fingerprint density at radius 1 is 1.11 bits per heavy atom. The number of methoxy groups -OCH3 is 2. The first kappa shape index (κ1) is 24.1. The average Bonchev–Trinajstić information content (AvgIpc) is 3.38. The van der Waals surface area contributed by atoms with E-state index in [1.54, 1.807) is 6.07 Å². The Morgan fingerprint density at radius 3 is 2.56 bits per heavy atom. The highest BCUT2D eigenvalue weighted by atomic mass is 19.1. The van der Waals surface area contributed by atoms with Crippen molar-refractivity contribution in [3.63, 3.8) is 0 Å². The maximum absolute atomic E-state index is 15.1. The normalized spacial score (nSPS) is 20.1. The van der Waals surface area contributed by atoms with E-state index in [-0.39, 0.29) is 34.8 Å². The van der Waals surface area contributed by atoms with Crippen LogP contribution in [0.25, 0.3) is 10.9 Å². The fourth-order valence-corrected chi connectivity index (χ4v) is 5.10. The molecule has 0 bridgehead atoms. The number of carbonyl (C=O) groups is 1. The maximum atomic E-state index is 15.1. The fourth-order valence-electron chi connectivity index (χ4n) is 5.10. The third-order valence-electron chi connectivity index (χ3n) is 7.07. The molecular formula is C26H31FN6O3. The highest BCUT2D eigenvalue weighted by Crippen LogP contribution is 2.37. The van der Waals surface area contributed by atoms with Crippen LogP contribution < -0.4 is 25.4 Å². The molecule has 2 aromatic carbocycles. The summed E-state index contributed by atoms with van der Waals surface area (Å²) in [5, 5.41) is 3.97. The Kier molecular flexibility index (Phi) is 6.77. The molecule has 0 spiro atoms. The molecule has 0 unspecified atom stereocenters. The second-order valence-corrected chi connectivity index (χ2v) is 9.21. The minimum absolute atomic E-state index is 0.0282. The number of anilines is 2. The summed E-state index contributed by atoms with van der Waals surface area (Å²) in [5.41, 5.74) is 7.50. The van der Waals surface area contributed by atoms with Crippen molar-refractivity contribution in [3.8, 4) is 11.5 Å². The Morgan fingerprint density at radius 2 is 1.86 bits per heavy atom. The number of nitrogens with zero attached hydrogens (tertiary/aromatic N) is 4. The van der Waals surface area contributed by atoms with Crippen molar-refractivity contribution in [1.82, 2.24) is 20.2 Å². The summed E-state index contributed by atoms with van der Waals surface area (Å²) in [6.07, 6.45) is 2.49. The number of amides is 1. The van der Waals surface area contributed by atoms with Crippen molar-refractivity contribution >= 4 is 28.6 Å². The van der Waals surface area contributed by atoms with E-state index in [1.807, 2.05) is 28.0 Å². The summed E-state index contributed by atoms with van der Waals surface area (Å²) in [6.45, 7) is 2.17. The van der Waals surface area contributed by atoms with E-state index in [9.17, 15) is 4.79 Å². The lowest BCUT2D eigenvalue weighted by atomic mass is 10.1. The van der Waals surface area contributed by atoms with Gasteiger partial charge in [-0.15, -0.1) is 0 Å². The number of ether oxygens (including phenoxy) is 2. The summed E-state index contributed by atoms with van der Waals surface area (Å²) in [5.74, 6) is 0.190. The average molecular weight is 495 g/mol. The number of halogens is 1. The fraction of sp³-hybridized carbons (Fsp3) is 0.423. The molecular weight excluding hydrogens is 463 g/mol. The molecule has 0 radical (unpaired) electrons. The lowest BCUT2D eigenvalue weighted by Gasteiger charge is -2.35. The van der Waals surface area contributed by atoms with Crippen LogP contribution in [0.3, 0.4) is 0 Å². The highest BCUT2D eigenvalue weighted by molar-refractivity contribution is 5.92. The number of aromatic nitrogens is 2. The van der Waals surface area contributed by atoms with Gasteiger partial charge in [0.1, 0.15) is 11.3 Å². The Bertz CT molecular complexity index is 1250. The van der Waals surface area contributed by atoms with Crippen molar-refractivity contribution in [1.29, 1.82) is 0 Å². The largest absolute Gasteiger partial charge is 0.493 e. The number of benzene rings is 2. The van der Waals surface area contributed by atoms with E-state index in [0.29, 0.717) is 50.0 Å². The molecule has 1 aromatic heterocycles. The summed E-state index contributed by atoms with van der Waals surface area (Å²) in [7, 11) is 2.80. The smallest absolute Gasteiger partial charge is 0.228 e. The molecule has 3 heterocycles. The van der Waals surface area contributed by atoms with Crippen molar-refractivity contribution < 1.29 is 18.7 Å². The van der Waals surface area contributed by atoms with Gasteiger partial charge in [0.15, 0.2) is 17.3 Å². The van der Waals surface area contributed by atoms with Crippen LogP contribution in [-0.4, -0.2) is 67.2 Å². The summed E-state index contributed by atoms with van der Waals surface area (Å²) >= 11 is 0. The van der Waals surface area contributed by atoms with Crippen LogP contribution in [0.1, 0.15) is 30.9 Å². The Labute approximate surface area is 209 Å². The molecule has 2 saturated heterocycles. The molecule has 2 aliphatic rings. The van der Waals surface area contributed by atoms with Crippen LogP contribution in [0.2, 0.25) is 0 Å². The molecule has 36 heavy (non-hydrogen) atoms. The summed E-state index contributed by atoms with van der Waals surface area (Å²) in [6, 6.07) is 12.4. The minimum atomic E-state index is -0.645. The topological polar surface area (TPSA) is 106 Å². The lowest BCUT2D eigenvalue weighted by Crippen LogP contribution is -2.50. The summed E-state index contributed by atoms with van der Waals surface area (Å²) < 4.78 is 25.5. The summed E-state index contributed by atoms with van der Waals surface area (Å²) in [4.78, 5) is 25.6. The highest BCUT2D eigenvalue weighted by Gasteiger charge is 2.30. The molecule has 9 nitrogen and oxygen atoms in total. The van der Waals surface area contributed by atoms with Gasteiger partial charge < -0.3 is 30.3 Å². The third kappa shape index (κ3) is 4.60. The second-order valence-electron chi connectivity index (χ2n) is 9.21. The number of nitrogens with two attached hydrogens (primary N) is 1. The number of piperazine rings is 1. The van der Waals surface area contributed by atoms with Gasteiger partial charge >= 0.3 is 0 Å². The van der Waals surface area contributed by atoms with Crippen LogP contribution in [0.15, 0.2) is 36.4 Å². The van der Waals surface area contributed by atoms with Crippen molar-refractivity contribution in [2.24, 2.45) is 0 Å². The maximum Gasteiger partial charge on any atom is 0.228 e. The number of rotatable bonds is 6. The zero-order valence-electron chi connectivity index (χ0n) is 20.5. The second kappa shape index (κ2) is 10.1. The van der Waals surface area contributed by atoms with Gasteiger partial charge in [0, 0.05) is 50.1 Å². The number of nitrogen functional groups attached to an aromatic ring is 1. The minimum Gasteiger partial charge on any atom is -0.493 e. The standard InChI is InChI=1S/C26H31FN6O3/c1-35-20-15-18-23(22(27)24(20)36-2)30-26(31-25(18)28)33-12-10-32(11-13-33)21(34)14-17-8-9-19(29-17)16-6-4-3-5-7-16/h3-7,15,17,19,29H,8-14H2,1-2H3,(H2,28,30,31)/t17-,19+/m0/s1. The molecule has 1 amide bonds. The predicted molar refractivity (Wildman–Crippen MR) is 136 cm³/mol. The quantitative estimate of drug-likeness (QED) is 0.539. The molecule has 5 rings (SSSR count). The molecule has 0 aliphatic carbocycles. The SMILES string of the molecule is COc1cc2c(N)nc(N3CCN(C(=O)C[C@@H]4CC[C@H](c5ccccc5)N4)CC3)nc2c(F)c1OC. The predicted octanol–water partition coefficient (Wildman–Crippen LogP) is 2.90. The number of hydrogen-bond acceptors (Lipinski definition) is 8. The van der Waals surface area contributed by atoms with E-state index < -0.39 is 5.82 Å². The van der Waals surface area contributed by atoms with Gasteiger partial charge in [-0.2, -0.15) is 4.98 Å². The van der Waals surface area contributed by atoms with Crippen molar-refractivity contribution in [3.05, 3.63) is 47.8 Å². The molecule has 190 valence electrons. The van der Waals surface area contributed by atoms with Gasteiger partial charge in [-0.05, 0) is 24.5 Å². The third-order valence-corrected chi connectivity index (χ3v) is 7.07. The number of nitrogens with one attached hydrogen (secondary N) is 1. The van der Waals surface area contributed by atoms with Crippen molar-refractivity contribution in [2.45, 2.75) is 31.3 Å². The zero-order valence-corrected chi connectivity index (χ0v) is 20.5. The van der Waals surface area contributed by atoms with Gasteiger partial charge in [-0.25, -0.2) is 9.37 Å². The molecule has 2 atom stereocenters. The molecule has 3 N–H and O–H groups in total. The molecule has 2 fully saturated rings. The van der Waals surface area contributed by atoms with Gasteiger partial charge in [-0.1, -0.05) is 30.3 Å². The monoisotopic (exact) mass is 494 g/mol. The number of hydrogen-bond donors (Lipinski definition) is 2. The first-order valence-electron chi connectivity index (χ1n) is 12.2. The van der Waals surface area contributed by atoms with Gasteiger partial charge in [0.25, 0.3) is 0 Å². The van der Waals surface area contributed by atoms with Crippen LogP contribution >= 0.6 is 0 Å². The molecule has 3 aromatic rings. The number of fused-ring (bicyclic) bond motifs is 1. The van der Waals surface area contributed by atoms with E-state index in [4.69, 9.17) is 15.2 Å². The van der Waals surface area contributed by atoms with E-state index in [0.717, 1.165) is 12.8 Å². The zero-order chi connectivity index (χ0) is 25.2.